The highest BCUT2D eigenvalue weighted by Gasteiger charge is 2.31. The number of aromatic nitrogens is 2. The van der Waals surface area contributed by atoms with Crippen LogP contribution in [-0.2, 0) is 22.4 Å². The molecule has 0 radical (unpaired) electrons. The maximum Gasteiger partial charge on any atom is 0.410 e. The fourth-order valence-electron chi connectivity index (χ4n) is 2.94. The van der Waals surface area contributed by atoms with Crippen molar-refractivity contribution in [3.05, 3.63) is 59.9 Å². The van der Waals surface area contributed by atoms with Crippen LogP contribution in [-0.4, -0.2) is 46.5 Å². The monoisotopic (exact) mass is 355 g/mol. The minimum atomic E-state index is -0.486. The van der Waals surface area contributed by atoms with E-state index in [0.29, 0.717) is 18.5 Å². The molecule has 26 heavy (non-hydrogen) atoms. The van der Waals surface area contributed by atoms with Crippen LogP contribution in [0.1, 0.15) is 28.7 Å². The average Bonchev–Trinajstić information content (AvgIpc) is 3.06. The summed E-state index contributed by atoms with van der Waals surface area (Å²) in [5.41, 5.74) is 2.72. The zero-order valence-electron chi connectivity index (χ0n) is 14.7. The summed E-state index contributed by atoms with van der Waals surface area (Å²) in [7, 11) is 0. The Kier molecular flexibility index (Phi) is 5.36. The number of esters is 1. The summed E-state index contributed by atoms with van der Waals surface area (Å²) in [6.45, 7) is 6.44. The number of carbonyl (C=O) groups is 2. The van der Waals surface area contributed by atoms with E-state index in [9.17, 15) is 9.59 Å². The molecule has 0 bridgehead atoms. The van der Waals surface area contributed by atoms with E-state index < -0.39 is 12.1 Å². The molecule has 136 valence electrons. The van der Waals surface area contributed by atoms with Crippen molar-refractivity contribution < 1.29 is 19.1 Å². The van der Waals surface area contributed by atoms with Crippen LogP contribution in [0, 0.1) is 0 Å². The van der Waals surface area contributed by atoms with E-state index in [4.69, 9.17) is 9.47 Å². The van der Waals surface area contributed by atoms with Gasteiger partial charge in [0.2, 0.25) is 0 Å². The molecule has 7 heteroatoms. The third-order valence-corrected chi connectivity index (χ3v) is 4.11. The number of fused-ring (bicyclic) bond motifs is 1. The Balaban J connectivity index is 1.97. The molecule has 0 spiro atoms. The van der Waals surface area contributed by atoms with Crippen LogP contribution in [0.3, 0.4) is 0 Å². The number of hydrogen-bond donors (Lipinski definition) is 0. The molecule has 0 aliphatic carbocycles. The van der Waals surface area contributed by atoms with Gasteiger partial charge in [0, 0.05) is 18.5 Å². The highest BCUT2D eigenvalue weighted by molar-refractivity contribution is 5.89. The molecule has 7 nitrogen and oxygen atoms in total. The highest BCUT2D eigenvalue weighted by atomic mass is 16.6. The molecule has 0 fully saturated rings. The molecule has 1 aliphatic rings. The molecular formula is C19H21N3O4. The van der Waals surface area contributed by atoms with Gasteiger partial charge in [-0.3, -0.25) is 0 Å². The van der Waals surface area contributed by atoms with Gasteiger partial charge in [-0.2, -0.15) is 5.10 Å². The summed E-state index contributed by atoms with van der Waals surface area (Å²) >= 11 is 0. The van der Waals surface area contributed by atoms with E-state index in [1.807, 2.05) is 30.3 Å². The van der Waals surface area contributed by atoms with Gasteiger partial charge in [0.05, 0.1) is 24.5 Å². The second-order valence-corrected chi connectivity index (χ2v) is 5.78. The number of benzene rings is 1. The SMILES string of the molecule is C=CCOC(=O)N1CCc2c(c(C(=O)OCC)nn2-c2ccccc2)C1. The summed E-state index contributed by atoms with van der Waals surface area (Å²) in [6.07, 6.45) is 1.66. The van der Waals surface area contributed by atoms with Crippen molar-refractivity contribution in [3.63, 3.8) is 0 Å². The van der Waals surface area contributed by atoms with E-state index in [-0.39, 0.29) is 25.5 Å². The minimum Gasteiger partial charge on any atom is -0.461 e. The number of rotatable bonds is 5. The van der Waals surface area contributed by atoms with Gasteiger partial charge in [-0.15, -0.1) is 0 Å². The minimum absolute atomic E-state index is 0.149. The Morgan fingerprint density at radius 1 is 1.27 bits per heavy atom. The molecule has 3 rings (SSSR count). The number of carbonyl (C=O) groups excluding carboxylic acids is 2. The van der Waals surface area contributed by atoms with Crippen LogP contribution in [0.15, 0.2) is 43.0 Å². The lowest BCUT2D eigenvalue weighted by atomic mass is 10.1. The van der Waals surface area contributed by atoms with Crippen LogP contribution < -0.4 is 0 Å². The summed E-state index contributed by atoms with van der Waals surface area (Å²) in [4.78, 5) is 26.1. The van der Waals surface area contributed by atoms with Crippen LogP contribution in [0.2, 0.25) is 0 Å². The first kappa shape index (κ1) is 17.7. The largest absolute Gasteiger partial charge is 0.461 e. The van der Waals surface area contributed by atoms with E-state index in [2.05, 4.69) is 11.7 Å². The highest BCUT2D eigenvalue weighted by Crippen LogP contribution is 2.26. The van der Waals surface area contributed by atoms with Crippen LogP contribution in [0.4, 0.5) is 4.79 Å². The van der Waals surface area contributed by atoms with Crippen molar-refractivity contribution in [1.82, 2.24) is 14.7 Å². The maximum atomic E-state index is 12.4. The van der Waals surface area contributed by atoms with Gasteiger partial charge in [-0.1, -0.05) is 30.9 Å². The van der Waals surface area contributed by atoms with Gasteiger partial charge in [0.25, 0.3) is 0 Å². The quantitative estimate of drug-likeness (QED) is 0.609. The van der Waals surface area contributed by atoms with Gasteiger partial charge in [0.15, 0.2) is 5.69 Å². The molecule has 1 aromatic heterocycles. The van der Waals surface area contributed by atoms with Crippen LogP contribution in [0.25, 0.3) is 5.69 Å². The van der Waals surface area contributed by atoms with Crippen molar-refractivity contribution in [2.45, 2.75) is 19.9 Å². The van der Waals surface area contributed by atoms with Gasteiger partial charge < -0.3 is 14.4 Å². The lowest BCUT2D eigenvalue weighted by molar-refractivity contribution is 0.0514. The lowest BCUT2D eigenvalue weighted by Gasteiger charge is -2.26. The number of hydrogen-bond acceptors (Lipinski definition) is 5. The van der Waals surface area contributed by atoms with Crippen LogP contribution in [0.5, 0.6) is 0 Å². The normalized spacial score (nSPS) is 13.0. The number of para-hydroxylation sites is 1. The number of amides is 1. The standard InChI is InChI=1S/C19H21N3O4/c1-3-12-26-19(24)21-11-10-16-15(13-21)17(18(23)25-4-2)20-22(16)14-8-6-5-7-9-14/h3,5-9H,1,4,10-13H2,2H3. The summed E-state index contributed by atoms with van der Waals surface area (Å²) in [6, 6.07) is 9.59. The van der Waals surface area contributed by atoms with Gasteiger partial charge >= 0.3 is 12.1 Å². The van der Waals surface area contributed by atoms with E-state index in [1.165, 1.54) is 6.08 Å². The predicted octanol–water partition coefficient (Wildman–Crippen LogP) is 2.73. The number of nitrogens with zero attached hydrogens (tertiary/aromatic N) is 3. The topological polar surface area (TPSA) is 73.7 Å². The first-order valence-electron chi connectivity index (χ1n) is 8.51. The molecule has 1 aliphatic heterocycles. The zero-order valence-corrected chi connectivity index (χ0v) is 14.7. The Morgan fingerprint density at radius 3 is 2.73 bits per heavy atom. The van der Waals surface area contributed by atoms with E-state index in [0.717, 1.165) is 11.4 Å². The predicted molar refractivity (Wildman–Crippen MR) is 95.2 cm³/mol. The zero-order chi connectivity index (χ0) is 18.5. The number of ether oxygens (including phenoxy) is 2. The molecule has 1 amide bonds. The first-order valence-corrected chi connectivity index (χ1v) is 8.51. The van der Waals surface area contributed by atoms with Crippen molar-refractivity contribution in [2.24, 2.45) is 0 Å². The van der Waals surface area contributed by atoms with Crippen molar-refractivity contribution >= 4 is 12.1 Å². The van der Waals surface area contributed by atoms with Crippen molar-refractivity contribution in [2.75, 3.05) is 19.8 Å². The molecular weight excluding hydrogens is 334 g/mol. The first-order chi connectivity index (χ1) is 12.7. The molecule has 0 saturated carbocycles. The molecule has 2 heterocycles. The molecule has 0 N–H and O–H groups in total. The molecule has 0 atom stereocenters. The fourth-order valence-corrected chi connectivity index (χ4v) is 2.94. The second-order valence-electron chi connectivity index (χ2n) is 5.78. The van der Waals surface area contributed by atoms with E-state index in [1.54, 1.807) is 16.5 Å². The summed E-state index contributed by atoms with van der Waals surface area (Å²) in [5, 5.41) is 4.48. The van der Waals surface area contributed by atoms with Gasteiger partial charge in [-0.25, -0.2) is 14.3 Å². The smallest absolute Gasteiger partial charge is 0.410 e. The van der Waals surface area contributed by atoms with E-state index >= 15 is 0 Å². The summed E-state index contributed by atoms with van der Waals surface area (Å²) < 4.78 is 12.0. The second kappa shape index (κ2) is 7.86. The van der Waals surface area contributed by atoms with Crippen molar-refractivity contribution in [3.8, 4) is 5.69 Å². The Hall–Kier alpha value is -3.09. The molecule has 0 saturated heterocycles. The summed E-state index contributed by atoms with van der Waals surface area (Å²) in [5.74, 6) is -0.486. The Labute approximate surface area is 151 Å². The van der Waals surface area contributed by atoms with Gasteiger partial charge in [-0.05, 0) is 19.1 Å². The fraction of sp³-hybridized carbons (Fsp3) is 0.316. The van der Waals surface area contributed by atoms with Crippen LogP contribution >= 0.6 is 0 Å². The molecule has 0 unspecified atom stereocenters. The van der Waals surface area contributed by atoms with Gasteiger partial charge in [0.1, 0.15) is 6.61 Å². The molecule has 2 aromatic rings. The average molecular weight is 355 g/mol. The maximum absolute atomic E-state index is 12.4. The Bertz CT molecular complexity index is 814. The lowest BCUT2D eigenvalue weighted by Crippen LogP contribution is -2.37. The Morgan fingerprint density at radius 2 is 2.04 bits per heavy atom. The third kappa shape index (κ3) is 3.46. The third-order valence-electron chi connectivity index (χ3n) is 4.11. The van der Waals surface area contributed by atoms with Crippen molar-refractivity contribution in [1.29, 1.82) is 0 Å². The molecule has 1 aromatic carbocycles.